The van der Waals surface area contributed by atoms with Crippen molar-refractivity contribution in [3.63, 3.8) is 0 Å². The van der Waals surface area contributed by atoms with Crippen LogP contribution in [0, 0.1) is 0 Å². The molecule has 0 saturated carbocycles. The zero-order valence-electron chi connectivity index (χ0n) is 8.24. The Morgan fingerprint density at radius 3 is 3.00 bits per heavy atom. The molecular formula is C11H14ClNS. The molecule has 76 valence electrons. The first-order valence-corrected chi connectivity index (χ1v) is 5.80. The van der Waals surface area contributed by atoms with Crippen LogP contribution in [-0.2, 0) is 0 Å². The topological polar surface area (TPSA) is 0 Å². The van der Waals surface area contributed by atoms with E-state index in [9.17, 15) is 0 Å². The first kappa shape index (κ1) is 10.3. The standard InChI is InChI=1S/C11H14NS.ClH/c1-12-8-4-7-11(12)13-10-6-3-2-5-9(10)12;/h2-3,5-6,11H,4,7-8H2,1H3;1H/q+1;/p-1. The lowest BCUT2D eigenvalue weighted by Gasteiger charge is -2.28. The highest BCUT2D eigenvalue weighted by Crippen LogP contribution is 2.51. The summed E-state index contributed by atoms with van der Waals surface area (Å²) >= 11 is 2.08. The molecule has 3 rings (SSSR count). The van der Waals surface area contributed by atoms with Crippen LogP contribution >= 0.6 is 11.8 Å². The molecule has 2 atom stereocenters. The van der Waals surface area contributed by atoms with Crippen LogP contribution < -0.4 is 16.9 Å². The number of hydrogen-bond donors (Lipinski definition) is 0. The molecule has 1 saturated heterocycles. The monoisotopic (exact) mass is 227 g/mol. The number of thioether (sulfide) groups is 1. The van der Waals surface area contributed by atoms with Gasteiger partial charge in [0.15, 0.2) is 0 Å². The van der Waals surface area contributed by atoms with Crippen molar-refractivity contribution in [3.8, 4) is 0 Å². The molecule has 1 nitrogen and oxygen atoms in total. The molecule has 2 aliphatic rings. The van der Waals surface area contributed by atoms with E-state index in [1.54, 1.807) is 5.69 Å². The molecule has 14 heavy (non-hydrogen) atoms. The Morgan fingerprint density at radius 2 is 2.14 bits per heavy atom. The third-order valence-electron chi connectivity index (χ3n) is 3.39. The minimum absolute atomic E-state index is 0. The quantitative estimate of drug-likeness (QED) is 0.556. The summed E-state index contributed by atoms with van der Waals surface area (Å²) in [7, 11) is 2.39. The van der Waals surface area contributed by atoms with Gasteiger partial charge in [0, 0.05) is 18.9 Å². The first-order chi connectivity index (χ1) is 6.31. The molecule has 1 fully saturated rings. The Labute approximate surface area is 95.5 Å². The van der Waals surface area contributed by atoms with Crippen LogP contribution in [0.2, 0.25) is 0 Å². The third-order valence-corrected chi connectivity index (χ3v) is 4.96. The van der Waals surface area contributed by atoms with E-state index in [0.717, 1.165) is 5.37 Å². The van der Waals surface area contributed by atoms with Crippen LogP contribution in [0.4, 0.5) is 5.69 Å². The maximum Gasteiger partial charge on any atom is 0.147 e. The van der Waals surface area contributed by atoms with Crippen molar-refractivity contribution in [3.05, 3.63) is 24.3 Å². The molecule has 0 bridgehead atoms. The average molecular weight is 228 g/mol. The fourth-order valence-corrected chi connectivity index (χ4v) is 4.18. The third kappa shape index (κ3) is 1.21. The summed E-state index contributed by atoms with van der Waals surface area (Å²) in [5.74, 6) is 0. The zero-order valence-corrected chi connectivity index (χ0v) is 9.81. The predicted octanol–water partition coefficient (Wildman–Crippen LogP) is -0.147. The molecule has 2 heterocycles. The molecular weight excluding hydrogens is 214 g/mol. The molecule has 0 aliphatic carbocycles. The van der Waals surface area contributed by atoms with Gasteiger partial charge in [-0.15, -0.1) is 0 Å². The number of quaternary nitrogens is 1. The highest BCUT2D eigenvalue weighted by molar-refractivity contribution is 8.00. The molecule has 2 aliphatic heterocycles. The number of fused-ring (bicyclic) bond motifs is 3. The van der Waals surface area contributed by atoms with E-state index in [0.29, 0.717) is 0 Å². The number of para-hydroxylation sites is 1. The Hall–Kier alpha value is -0.180. The number of benzene rings is 1. The first-order valence-electron chi connectivity index (χ1n) is 4.92. The number of hydrogen-bond acceptors (Lipinski definition) is 1. The summed E-state index contributed by atoms with van der Waals surface area (Å²) in [5.41, 5.74) is 1.55. The van der Waals surface area contributed by atoms with E-state index in [4.69, 9.17) is 0 Å². The molecule has 2 unspecified atom stereocenters. The van der Waals surface area contributed by atoms with Gasteiger partial charge in [-0.05, 0) is 6.07 Å². The van der Waals surface area contributed by atoms with Crippen molar-refractivity contribution < 1.29 is 12.4 Å². The van der Waals surface area contributed by atoms with Gasteiger partial charge >= 0.3 is 0 Å². The van der Waals surface area contributed by atoms with Gasteiger partial charge in [-0.25, -0.2) is 0 Å². The number of rotatable bonds is 0. The fourth-order valence-electron chi connectivity index (χ4n) is 2.60. The lowest BCUT2D eigenvalue weighted by Crippen LogP contribution is -3.00. The zero-order chi connectivity index (χ0) is 8.89. The Balaban J connectivity index is 0.000000750. The van der Waals surface area contributed by atoms with Crippen molar-refractivity contribution in [1.29, 1.82) is 0 Å². The second kappa shape index (κ2) is 3.44. The van der Waals surface area contributed by atoms with Gasteiger partial charge < -0.3 is 12.4 Å². The van der Waals surface area contributed by atoms with Crippen LogP contribution in [0.5, 0.6) is 0 Å². The van der Waals surface area contributed by atoms with Crippen molar-refractivity contribution >= 4 is 17.4 Å². The molecule has 3 heteroatoms. The van der Waals surface area contributed by atoms with Gasteiger partial charge in [-0.3, -0.25) is 4.48 Å². The van der Waals surface area contributed by atoms with Crippen LogP contribution in [0.25, 0.3) is 0 Å². The van der Waals surface area contributed by atoms with E-state index in [1.807, 2.05) is 0 Å². The SMILES string of the molecule is C[N+]12CCCC1Sc1ccccc12.[Cl-]. The highest BCUT2D eigenvalue weighted by atomic mass is 35.5. The normalized spacial score (nSPS) is 33.4. The summed E-state index contributed by atoms with van der Waals surface area (Å²) in [6.07, 6.45) is 2.78. The van der Waals surface area contributed by atoms with Gasteiger partial charge in [0.05, 0.1) is 18.5 Å². The average Bonchev–Trinajstić information content (AvgIpc) is 2.60. The maximum atomic E-state index is 2.39. The van der Waals surface area contributed by atoms with Crippen LogP contribution in [0.3, 0.4) is 0 Å². The lowest BCUT2D eigenvalue weighted by molar-refractivity contribution is -0.00000260. The molecule has 0 amide bonds. The van der Waals surface area contributed by atoms with Crippen molar-refractivity contribution in [1.82, 2.24) is 4.48 Å². The lowest BCUT2D eigenvalue weighted by atomic mass is 10.2. The van der Waals surface area contributed by atoms with Crippen LogP contribution in [0.15, 0.2) is 29.2 Å². The maximum absolute atomic E-state index is 2.39. The number of nitrogens with zero attached hydrogens (tertiary/aromatic N) is 1. The van der Waals surface area contributed by atoms with E-state index >= 15 is 0 Å². The Kier molecular flexibility index (Phi) is 2.54. The van der Waals surface area contributed by atoms with E-state index < -0.39 is 0 Å². The van der Waals surface area contributed by atoms with Crippen LogP contribution in [-0.4, -0.2) is 19.0 Å². The molecule has 1 aromatic carbocycles. The van der Waals surface area contributed by atoms with Crippen LogP contribution in [0.1, 0.15) is 12.8 Å². The summed E-state index contributed by atoms with van der Waals surface area (Å²) in [6.45, 7) is 1.33. The smallest absolute Gasteiger partial charge is 0.147 e. The molecule has 0 radical (unpaired) electrons. The molecule has 0 spiro atoms. The van der Waals surface area contributed by atoms with Gasteiger partial charge in [0.2, 0.25) is 0 Å². The van der Waals surface area contributed by atoms with Gasteiger partial charge in [0.1, 0.15) is 11.1 Å². The Morgan fingerprint density at radius 1 is 1.36 bits per heavy atom. The highest BCUT2D eigenvalue weighted by Gasteiger charge is 2.47. The van der Waals surface area contributed by atoms with E-state index in [1.165, 1.54) is 28.8 Å². The predicted molar refractivity (Wildman–Crippen MR) is 57.9 cm³/mol. The van der Waals surface area contributed by atoms with Gasteiger partial charge in [-0.2, -0.15) is 0 Å². The summed E-state index contributed by atoms with van der Waals surface area (Å²) in [6, 6.07) is 8.89. The molecule has 0 aromatic heterocycles. The minimum atomic E-state index is 0. The summed E-state index contributed by atoms with van der Waals surface area (Å²) in [4.78, 5) is 1.51. The second-order valence-corrected chi connectivity index (χ2v) is 5.39. The number of halogens is 1. The molecule has 0 N–H and O–H groups in total. The summed E-state index contributed by atoms with van der Waals surface area (Å²) < 4.78 is 1.18. The molecule has 1 aromatic rings. The summed E-state index contributed by atoms with van der Waals surface area (Å²) in [5, 5.41) is 0.803. The van der Waals surface area contributed by atoms with Crippen molar-refractivity contribution in [2.24, 2.45) is 0 Å². The largest absolute Gasteiger partial charge is 1.00 e. The Bertz CT molecular complexity index is 355. The van der Waals surface area contributed by atoms with Crippen molar-refractivity contribution in [2.75, 3.05) is 13.6 Å². The van der Waals surface area contributed by atoms with E-state index in [-0.39, 0.29) is 12.4 Å². The van der Waals surface area contributed by atoms with Gasteiger partial charge in [0.25, 0.3) is 0 Å². The fraction of sp³-hybridized carbons (Fsp3) is 0.455. The van der Waals surface area contributed by atoms with Crippen molar-refractivity contribution in [2.45, 2.75) is 23.1 Å². The minimum Gasteiger partial charge on any atom is -1.00 e. The second-order valence-electron chi connectivity index (χ2n) is 4.17. The van der Waals surface area contributed by atoms with E-state index in [2.05, 4.69) is 43.1 Å². The van der Waals surface area contributed by atoms with Gasteiger partial charge in [-0.1, -0.05) is 23.9 Å².